The molecule has 0 saturated carbocycles. The molecular formula is C34H38Cl2N6OS. The summed E-state index contributed by atoms with van der Waals surface area (Å²) in [6.45, 7) is 6.88. The lowest BCUT2D eigenvalue weighted by molar-refractivity contribution is 0.201. The van der Waals surface area contributed by atoms with Gasteiger partial charge in [-0.25, -0.2) is 4.79 Å². The van der Waals surface area contributed by atoms with E-state index >= 15 is 0 Å². The van der Waals surface area contributed by atoms with Crippen molar-refractivity contribution < 1.29 is 4.79 Å². The van der Waals surface area contributed by atoms with Crippen LogP contribution in [-0.2, 0) is 32.6 Å². The van der Waals surface area contributed by atoms with Crippen LogP contribution in [0.3, 0.4) is 0 Å². The van der Waals surface area contributed by atoms with Crippen LogP contribution in [0.15, 0.2) is 66.7 Å². The molecule has 2 aliphatic rings. The number of hydrogen-bond acceptors (Lipinski definition) is 5. The molecule has 1 saturated heterocycles. The van der Waals surface area contributed by atoms with E-state index < -0.39 is 6.03 Å². The molecule has 2 amide bonds. The molecule has 0 atom stereocenters. The molecule has 0 radical (unpaired) electrons. The number of rotatable bonds is 10. The number of carbonyl (C=O) groups is 1. The van der Waals surface area contributed by atoms with E-state index in [1.807, 2.05) is 48.2 Å². The minimum atomic E-state index is -0.392. The number of amides is 2. The van der Waals surface area contributed by atoms with Crippen molar-refractivity contribution in [2.24, 2.45) is 5.73 Å². The van der Waals surface area contributed by atoms with Crippen LogP contribution in [0, 0.1) is 0 Å². The van der Waals surface area contributed by atoms with Crippen molar-refractivity contribution in [2.45, 2.75) is 39.0 Å². The number of nitrogens with zero attached hydrogens (tertiary/aromatic N) is 4. The Morgan fingerprint density at radius 3 is 2.27 bits per heavy atom. The molecule has 3 heterocycles. The zero-order valence-corrected chi connectivity index (χ0v) is 27.1. The number of urea groups is 1. The molecule has 0 bridgehead atoms. The SMILES string of the molecule is NC(=O)N1CCc2c(c(-c3ccc(Cl)c(-c4ccc(CNCc5ccc(Cl)cc5)cc4)c3)nn2CCCN2CCSCC2)C1. The lowest BCUT2D eigenvalue weighted by atomic mass is 9.97. The molecule has 0 spiro atoms. The first-order valence-electron chi connectivity index (χ1n) is 15.2. The van der Waals surface area contributed by atoms with Gasteiger partial charge in [-0.05, 0) is 53.9 Å². The van der Waals surface area contributed by atoms with Crippen LogP contribution >= 0.6 is 35.0 Å². The van der Waals surface area contributed by atoms with Crippen molar-refractivity contribution in [3.05, 3.63) is 99.2 Å². The maximum absolute atomic E-state index is 12.1. The lowest BCUT2D eigenvalue weighted by Crippen LogP contribution is -2.39. The molecule has 44 heavy (non-hydrogen) atoms. The van der Waals surface area contributed by atoms with Crippen molar-refractivity contribution >= 4 is 41.0 Å². The minimum Gasteiger partial charge on any atom is -0.351 e. The van der Waals surface area contributed by atoms with Crippen LogP contribution in [0.4, 0.5) is 4.79 Å². The number of primary amides is 1. The average Bonchev–Trinajstić information content (AvgIpc) is 3.41. The molecule has 1 fully saturated rings. The Morgan fingerprint density at radius 1 is 0.886 bits per heavy atom. The van der Waals surface area contributed by atoms with E-state index in [2.05, 4.69) is 45.2 Å². The largest absolute Gasteiger partial charge is 0.351 e. The van der Waals surface area contributed by atoms with Gasteiger partial charge in [0.05, 0.1) is 12.2 Å². The number of nitrogens with two attached hydrogens (primary N) is 1. The van der Waals surface area contributed by atoms with Gasteiger partial charge in [-0.3, -0.25) is 4.68 Å². The molecule has 7 nitrogen and oxygen atoms in total. The maximum atomic E-state index is 12.1. The molecule has 0 aliphatic carbocycles. The fraction of sp³-hybridized carbons (Fsp3) is 0.353. The van der Waals surface area contributed by atoms with Crippen molar-refractivity contribution in [3.63, 3.8) is 0 Å². The number of aromatic nitrogens is 2. The Kier molecular flexibility index (Phi) is 10.1. The van der Waals surface area contributed by atoms with E-state index in [1.165, 1.54) is 28.3 Å². The van der Waals surface area contributed by atoms with Gasteiger partial charge < -0.3 is 20.9 Å². The Labute approximate surface area is 273 Å². The molecular weight excluding hydrogens is 611 g/mol. The van der Waals surface area contributed by atoms with Crippen LogP contribution in [0.25, 0.3) is 22.4 Å². The van der Waals surface area contributed by atoms with E-state index in [0.29, 0.717) is 18.1 Å². The summed E-state index contributed by atoms with van der Waals surface area (Å²) in [5, 5.41) is 10.1. The smallest absolute Gasteiger partial charge is 0.315 e. The van der Waals surface area contributed by atoms with Gasteiger partial charge in [-0.2, -0.15) is 16.9 Å². The van der Waals surface area contributed by atoms with E-state index in [4.69, 9.17) is 34.0 Å². The van der Waals surface area contributed by atoms with Gasteiger partial charge in [0.15, 0.2) is 0 Å². The summed E-state index contributed by atoms with van der Waals surface area (Å²) in [5.41, 5.74) is 14.3. The van der Waals surface area contributed by atoms with Crippen LogP contribution in [-0.4, -0.2) is 63.3 Å². The summed E-state index contributed by atoms with van der Waals surface area (Å²) in [7, 11) is 0. The summed E-state index contributed by atoms with van der Waals surface area (Å²) in [6, 6.07) is 22.1. The predicted octanol–water partition coefficient (Wildman–Crippen LogP) is 6.69. The number of thioether (sulfide) groups is 1. The number of aryl methyl sites for hydroxylation is 1. The van der Waals surface area contributed by atoms with Gasteiger partial charge in [0.25, 0.3) is 0 Å². The summed E-state index contributed by atoms with van der Waals surface area (Å²) < 4.78 is 2.17. The highest BCUT2D eigenvalue weighted by molar-refractivity contribution is 7.99. The number of carbonyl (C=O) groups excluding carboxylic acids is 1. The Bertz CT molecular complexity index is 1580. The normalized spacial score (nSPS) is 15.4. The lowest BCUT2D eigenvalue weighted by Gasteiger charge is -2.27. The molecule has 1 aromatic heterocycles. The van der Waals surface area contributed by atoms with E-state index in [9.17, 15) is 4.79 Å². The van der Waals surface area contributed by atoms with Crippen molar-refractivity contribution in [3.8, 4) is 22.4 Å². The predicted molar refractivity (Wildman–Crippen MR) is 182 cm³/mol. The third-order valence-corrected chi connectivity index (χ3v) is 9.99. The van der Waals surface area contributed by atoms with Gasteiger partial charge in [0.2, 0.25) is 0 Å². The van der Waals surface area contributed by atoms with E-state index in [1.54, 1.807) is 4.90 Å². The monoisotopic (exact) mass is 648 g/mol. The highest BCUT2D eigenvalue weighted by Crippen LogP contribution is 2.36. The van der Waals surface area contributed by atoms with Gasteiger partial charge in [-0.1, -0.05) is 65.7 Å². The Hall–Kier alpha value is -3.01. The van der Waals surface area contributed by atoms with Gasteiger partial charge in [0.1, 0.15) is 0 Å². The summed E-state index contributed by atoms with van der Waals surface area (Å²) in [5.74, 6) is 2.43. The van der Waals surface area contributed by atoms with Crippen LogP contribution < -0.4 is 11.1 Å². The van der Waals surface area contributed by atoms with Crippen LogP contribution in [0.1, 0.15) is 28.8 Å². The molecule has 230 valence electrons. The summed E-state index contributed by atoms with van der Waals surface area (Å²) in [6.07, 6.45) is 1.80. The van der Waals surface area contributed by atoms with Crippen molar-refractivity contribution in [2.75, 3.05) is 37.7 Å². The zero-order chi connectivity index (χ0) is 30.5. The first-order chi connectivity index (χ1) is 21.4. The molecule has 0 unspecified atom stereocenters. The fourth-order valence-electron chi connectivity index (χ4n) is 6.01. The Balaban J connectivity index is 1.20. The molecule has 6 rings (SSSR count). The third kappa shape index (κ3) is 7.44. The topological polar surface area (TPSA) is 79.4 Å². The highest BCUT2D eigenvalue weighted by Gasteiger charge is 2.27. The fourth-order valence-corrected chi connectivity index (χ4v) is 7.35. The average molecular weight is 650 g/mol. The number of nitrogens with one attached hydrogen (secondary N) is 1. The molecule has 10 heteroatoms. The third-order valence-electron chi connectivity index (χ3n) is 8.47. The van der Waals surface area contributed by atoms with E-state index in [-0.39, 0.29) is 0 Å². The second kappa shape index (κ2) is 14.4. The van der Waals surface area contributed by atoms with Gasteiger partial charge >= 0.3 is 6.03 Å². The number of benzene rings is 3. The first-order valence-corrected chi connectivity index (χ1v) is 17.1. The minimum absolute atomic E-state index is 0.392. The molecule has 3 N–H and O–H groups in total. The quantitative estimate of drug-likeness (QED) is 0.200. The molecule has 2 aliphatic heterocycles. The molecule has 4 aromatic rings. The Morgan fingerprint density at radius 2 is 1.57 bits per heavy atom. The van der Waals surface area contributed by atoms with Crippen molar-refractivity contribution in [1.29, 1.82) is 0 Å². The second-order valence-corrected chi connectivity index (χ2v) is 13.5. The molecule has 3 aromatic carbocycles. The highest BCUT2D eigenvalue weighted by atomic mass is 35.5. The number of fused-ring (bicyclic) bond motifs is 1. The van der Waals surface area contributed by atoms with Crippen LogP contribution in [0.5, 0.6) is 0 Å². The zero-order valence-electron chi connectivity index (χ0n) is 24.8. The number of hydrogen-bond donors (Lipinski definition) is 2. The van der Waals surface area contributed by atoms with Crippen LogP contribution in [0.2, 0.25) is 10.0 Å². The number of halogens is 2. The summed E-state index contributed by atoms with van der Waals surface area (Å²) in [4.78, 5) is 16.4. The summed E-state index contributed by atoms with van der Waals surface area (Å²) >= 11 is 14.8. The van der Waals surface area contributed by atoms with E-state index in [0.717, 1.165) is 85.1 Å². The maximum Gasteiger partial charge on any atom is 0.315 e. The van der Waals surface area contributed by atoms with Gasteiger partial charge in [-0.15, -0.1) is 0 Å². The second-order valence-electron chi connectivity index (χ2n) is 11.4. The first kappa shape index (κ1) is 31.0. The van der Waals surface area contributed by atoms with Gasteiger partial charge in [0, 0.05) is 89.6 Å². The standard InChI is InChI=1S/C34H38Cl2N6OS/c35-28-9-4-25(5-10-28)22-38-21-24-2-6-26(7-3-24)29-20-27(8-11-31(29)36)33-30-23-41(34(37)43)15-12-32(30)42(39-33)14-1-13-40-16-18-44-19-17-40/h2-11,20,38H,1,12-19,21-23H2,(H2,37,43). The van der Waals surface area contributed by atoms with Crippen molar-refractivity contribution in [1.82, 2.24) is 24.9 Å².